The van der Waals surface area contributed by atoms with Crippen molar-refractivity contribution in [2.75, 3.05) is 0 Å². The van der Waals surface area contributed by atoms with Gasteiger partial charge in [0.1, 0.15) is 6.04 Å². The van der Waals surface area contributed by atoms with E-state index in [4.69, 9.17) is 10.8 Å². The van der Waals surface area contributed by atoms with Crippen molar-refractivity contribution >= 4 is 11.7 Å². The van der Waals surface area contributed by atoms with Gasteiger partial charge >= 0.3 is 0 Å². The quantitative estimate of drug-likeness (QED) is 0.516. The van der Waals surface area contributed by atoms with Crippen molar-refractivity contribution in [2.45, 2.75) is 39.0 Å². The molecule has 0 aromatic heterocycles. The van der Waals surface area contributed by atoms with Gasteiger partial charge in [0.25, 0.3) is 0 Å². The lowest BCUT2D eigenvalue weighted by atomic mass is 10.1. The summed E-state index contributed by atoms with van der Waals surface area (Å²) in [4.78, 5) is 22.0. The van der Waals surface area contributed by atoms with Crippen LogP contribution in [0.3, 0.4) is 0 Å². The second kappa shape index (κ2) is 4.94. The fourth-order valence-electron chi connectivity index (χ4n) is 0.847. The number of nitrogens with two attached hydrogens (primary N) is 1. The molecule has 0 spiro atoms. The van der Waals surface area contributed by atoms with Gasteiger partial charge in [0.15, 0.2) is 5.78 Å². The highest BCUT2D eigenvalue weighted by atomic mass is 16.3. The molecule has 3 atom stereocenters. The van der Waals surface area contributed by atoms with Gasteiger partial charge in [-0.1, -0.05) is 0 Å². The molecule has 0 saturated carbocycles. The number of Topliss-reactive ketones (excluding diaryl/α,β-unsaturated/α-hetero) is 1. The van der Waals surface area contributed by atoms with Gasteiger partial charge < -0.3 is 16.2 Å². The second-order valence-corrected chi connectivity index (χ2v) is 3.13. The Balaban J connectivity index is 4.27. The molecule has 0 bridgehead atoms. The first-order valence-corrected chi connectivity index (χ1v) is 4.10. The minimum atomic E-state index is -0.903. The third-order valence-electron chi connectivity index (χ3n) is 1.63. The molecule has 0 aliphatic carbocycles. The molecule has 0 aromatic rings. The van der Waals surface area contributed by atoms with Crippen molar-refractivity contribution in [1.82, 2.24) is 5.32 Å². The third-order valence-corrected chi connectivity index (χ3v) is 1.63. The molecule has 0 rings (SSSR count). The van der Waals surface area contributed by atoms with Gasteiger partial charge in [0.2, 0.25) is 5.91 Å². The average Bonchev–Trinajstić information content (AvgIpc) is 1.97. The number of aliphatic hydroxyl groups is 1. The van der Waals surface area contributed by atoms with Gasteiger partial charge in [-0.2, -0.15) is 0 Å². The highest BCUT2D eigenvalue weighted by Crippen LogP contribution is 1.94. The number of amides is 1. The van der Waals surface area contributed by atoms with Crippen LogP contribution in [0.4, 0.5) is 0 Å². The largest absolute Gasteiger partial charge is 0.391 e. The maximum absolute atomic E-state index is 11.1. The van der Waals surface area contributed by atoms with Crippen LogP contribution in [0.1, 0.15) is 20.8 Å². The van der Waals surface area contributed by atoms with E-state index in [1.165, 1.54) is 20.8 Å². The molecule has 76 valence electrons. The van der Waals surface area contributed by atoms with Crippen LogP contribution in [0, 0.1) is 0 Å². The summed E-state index contributed by atoms with van der Waals surface area (Å²) in [6.45, 7) is 4.25. The number of hydrogen-bond donors (Lipinski definition) is 3. The van der Waals surface area contributed by atoms with Crippen LogP contribution in [-0.2, 0) is 9.59 Å². The first kappa shape index (κ1) is 12.1. The standard InChI is InChI=1S/C8H16N2O3/c1-4(9)8(13)10-7(5(2)11)6(3)12/h4-5,7,11H,9H2,1-3H3,(H,10,13). The number of carbonyl (C=O) groups is 2. The molecule has 3 unspecified atom stereocenters. The van der Waals surface area contributed by atoms with Crippen LogP contribution in [-0.4, -0.2) is 35.0 Å². The molecule has 5 nitrogen and oxygen atoms in total. The van der Waals surface area contributed by atoms with E-state index < -0.39 is 24.1 Å². The monoisotopic (exact) mass is 188 g/mol. The second-order valence-electron chi connectivity index (χ2n) is 3.13. The first-order chi connectivity index (χ1) is 5.86. The number of nitrogens with one attached hydrogen (secondary N) is 1. The summed E-state index contributed by atoms with van der Waals surface area (Å²) in [5, 5.41) is 11.5. The lowest BCUT2D eigenvalue weighted by Gasteiger charge is -2.19. The number of ketones is 1. The summed E-state index contributed by atoms with van der Waals surface area (Å²) in [6.07, 6.45) is -0.903. The molecule has 4 N–H and O–H groups in total. The topological polar surface area (TPSA) is 92.4 Å². The van der Waals surface area contributed by atoms with E-state index in [9.17, 15) is 9.59 Å². The van der Waals surface area contributed by atoms with Crippen LogP contribution in [0.5, 0.6) is 0 Å². The Kier molecular flexibility index (Phi) is 4.58. The van der Waals surface area contributed by atoms with Crippen LogP contribution < -0.4 is 11.1 Å². The van der Waals surface area contributed by atoms with E-state index in [1.807, 2.05) is 0 Å². The fraction of sp³-hybridized carbons (Fsp3) is 0.750. The Bertz CT molecular complexity index is 202. The Hall–Kier alpha value is -0.940. The maximum Gasteiger partial charge on any atom is 0.237 e. The number of carbonyl (C=O) groups excluding carboxylic acids is 2. The molecule has 0 aromatic carbocycles. The zero-order valence-corrected chi connectivity index (χ0v) is 8.07. The fourth-order valence-corrected chi connectivity index (χ4v) is 0.847. The van der Waals surface area contributed by atoms with Crippen LogP contribution in [0.2, 0.25) is 0 Å². The van der Waals surface area contributed by atoms with Crippen molar-refractivity contribution in [2.24, 2.45) is 5.73 Å². The van der Waals surface area contributed by atoms with E-state index in [-0.39, 0.29) is 5.78 Å². The average molecular weight is 188 g/mol. The summed E-state index contributed by atoms with van der Waals surface area (Å²) < 4.78 is 0. The highest BCUT2D eigenvalue weighted by Gasteiger charge is 2.22. The number of rotatable bonds is 4. The smallest absolute Gasteiger partial charge is 0.237 e. The van der Waals surface area contributed by atoms with Gasteiger partial charge in [0, 0.05) is 0 Å². The Morgan fingerprint density at radius 2 is 1.85 bits per heavy atom. The van der Waals surface area contributed by atoms with E-state index in [1.54, 1.807) is 0 Å². The van der Waals surface area contributed by atoms with Crippen LogP contribution >= 0.6 is 0 Å². The predicted molar refractivity (Wildman–Crippen MR) is 47.9 cm³/mol. The lowest BCUT2D eigenvalue weighted by molar-refractivity contribution is -0.129. The Labute approximate surface area is 77.3 Å². The van der Waals surface area contributed by atoms with Crippen molar-refractivity contribution in [3.63, 3.8) is 0 Å². The summed E-state index contributed by atoms with van der Waals surface area (Å²) in [7, 11) is 0. The van der Waals surface area contributed by atoms with Crippen LogP contribution in [0.15, 0.2) is 0 Å². The molecule has 5 heteroatoms. The van der Waals surface area contributed by atoms with Gasteiger partial charge in [-0.05, 0) is 20.8 Å². The maximum atomic E-state index is 11.1. The molecule has 13 heavy (non-hydrogen) atoms. The Morgan fingerprint density at radius 3 is 2.08 bits per heavy atom. The van der Waals surface area contributed by atoms with Crippen LogP contribution in [0.25, 0.3) is 0 Å². The first-order valence-electron chi connectivity index (χ1n) is 4.10. The van der Waals surface area contributed by atoms with Gasteiger partial charge in [-0.15, -0.1) is 0 Å². The number of hydrogen-bond acceptors (Lipinski definition) is 4. The summed E-state index contributed by atoms with van der Waals surface area (Å²) in [6, 6.07) is -1.54. The van der Waals surface area contributed by atoms with Crippen molar-refractivity contribution < 1.29 is 14.7 Å². The summed E-state index contributed by atoms with van der Waals surface area (Å²) >= 11 is 0. The Morgan fingerprint density at radius 1 is 1.38 bits per heavy atom. The predicted octanol–water partition coefficient (Wildman–Crippen LogP) is -1.21. The minimum Gasteiger partial charge on any atom is -0.391 e. The molecule has 0 radical (unpaired) electrons. The van der Waals surface area contributed by atoms with Gasteiger partial charge in [-0.3, -0.25) is 9.59 Å². The summed E-state index contributed by atoms with van der Waals surface area (Å²) in [5.41, 5.74) is 5.28. The summed E-state index contributed by atoms with van der Waals surface area (Å²) in [5.74, 6) is -0.731. The highest BCUT2D eigenvalue weighted by molar-refractivity contribution is 5.89. The zero-order chi connectivity index (χ0) is 10.6. The molecule has 0 aliphatic heterocycles. The molecule has 0 saturated heterocycles. The minimum absolute atomic E-state index is 0.288. The normalized spacial score (nSPS) is 17.3. The molecular weight excluding hydrogens is 172 g/mol. The number of aliphatic hydroxyl groups excluding tert-OH is 1. The third kappa shape index (κ3) is 4.00. The molecular formula is C8H16N2O3. The van der Waals surface area contributed by atoms with Gasteiger partial charge in [0.05, 0.1) is 12.1 Å². The van der Waals surface area contributed by atoms with E-state index in [0.29, 0.717) is 0 Å². The zero-order valence-electron chi connectivity index (χ0n) is 8.07. The van der Waals surface area contributed by atoms with E-state index in [0.717, 1.165) is 0 Å². The molecule has 0 heterocycles. The molecule has 0 fully saturated rings. The van der Waals surface area contributed by atoms with E-state index in [2.05, 4.69) is 5.32 Å². The van der Waals surface area contributed by atoms with Crippen molar-refractivity contribution in [3.8, 4) is 0 Å². The van der Waals surface area contributed by atoms with Gasteiger partial charge in [-0.25, -0.2) is 0 Å². The van der Waals surface area contributed by atoms with Crippen molar-refractivity contribution in [3.05, 3.63) is 0 Å². The molecule has 1 amide bonds. The molecule has 0 aliphatic rings. The van der Waals surface area contributed by atoms with Crippen molar-refractivity contribution in [1.29, 1.82) is 0 Å². The SMILES string of the molecule is CC(=O)C(NC(=O)C(C)N)C(C)O. The lowest BCUT2D eigenvalue weighted by Crippen LogP contribution is -2.51. The van der Waals surface area contributed by atoms with E-state index >= 15 is 0 Å².